The molecule has 4 aromatic carbocycles. The van der Waals surface area contributed by atoms with Gasteiger partial charge in [-0.3, -0.25) is 4.79 Å². The Kier molecular flexibility index (Phi) is 7.75. The van der Waals surface area contributed by atoms with E-state index in [2.05, 4.69) is 17.5 Å². The van der Waals surface area contributed by atoms with Crippen molar-refractivity contribution in [1.82, 2.24) is 5.43 Å². The normalized spacial score (nSPS) is 10.9. The second-order valence-corrected chi connectivity index (χ2v) is 8.05. The molecule has 0 atom stereocenters. The van der Waals surface area contributed by atoms with Crippen LogP contribution in [0.2, 0.25) is 5.02 Å². The lowest BCUT2D eigenvalue weighted by atomic mass is 10.0. The van der Waals surface area contributed by atoms with Crippen molar-refractivity contribution in [3.63, 3.8) is 0 Å². The zero-order valence-electron chi connectivity index (χ0n) is 19.0. The van der Waals surface area contributed by atoms with Crippen molar-refractivity contribution in [2.75, 3.05) is 6.61 Å². The van der Waals surface area contributed by atoms with Crippen LogP contribution in [0.4, 0.5) is 0 Å². The monoisotopic (exact) mass is 486 g/mol. The minimum absolute atomic E-state index is 0.188. The van der Waals surface area contributed by atoms with Gasteiger partial charge in [-0.1, -0.05) is 73.1 Å². The van der Waals surface area contributed by atoms with Gasteiger partial charge in [0.2, 0.25) is 0 Å². The van der Waals surface area contributed by atoms with Crippen LogP contribution < -0.4 is 14.9 Å². The van der Waals surface area contributed by atoms with Crippen molar-refractivity contribution in [2.24, 2.45) is 5.10 Å². The standard InChI is InChI=1S/C28H23ClN2O4/c1-2-19-11-14-21(15-12-19)34-18-27(32)31-30-17-24-22-8-4-3-7-20(22)13-16-26(24)35-28(33)23-9-5-6-10-25(23)29/h3-17H,2,18H2,1H3,(H,31,32)/b30-17-. The topological polar surface area (TPSA) is 77.0 Å². The average Bonchev–Trinajstić information content (AvgIpc) is 2.89. The summed E-state index contributed by atoms with van der Waals surface area (Å²) in [5.41, 5.74) is 4.44. The molecule has 35 heavy (non-hydrogen) atoms. The van der Waals surface area contributed by atoms with E-state index in [-0.39, 0.29) is 12.2 Å². The molecule has 0 aromatic heterocycles. The molecule has 0 aliphatic rings. The molecule has 0 fully saturated rings. The maximum Gasteiger partial charge on any atom is 0.345 e. The zero-order chi connectivity index (χ0) is 24.6. The van der Waals surface area contributed by atoms with Gasteiger partial charge in [-0.05, 0) is 53.1 Å². The zero-order valence-corrected chi connectivity index (χ0v) is 19.8. The average molecular weight is 487 g/mol. The molecule has 0 bridgehead atoms. The number of aryl methyl sites for hydroxylation is 1. The highest BCUT2D eigenvalue weighted by Crippen LogP contribution is 2.28. The fraction of sp³-hybridized carbons (Fsp3) is 0.107. The van der Waals surface area contributed by atoms with E-state index < -0.39 is 11.9 Å². The van der Waals surface area contributed by atoms with Crippen LogP contribution in [0.1, 0.15) is 28.4 Å². The van der Waals surface area contributed by atoms with Crippen molar-refractivity contribution in [1.29, 1.82) is 0 Å². The second kappa shape index (κ2) is 11.3. The Hall–Kier alpha value is -4.16. The van der Waals surface area contributed by atoms with Gasteiger partial charge in [0.05, 0.1) is 16.8 Å². The summed E-state index contributed by atoms with van der Waals surface area (Å²) in [6, 6.07) is 25.3. The summed E-state index contributed by atoms with van der Waals surface area (Å²) >= 11 is 6.14. The Bertz CT molecular complexity index is 1380. The van der Waals surface area contributed by atoms with E-state index in [1.807, 2.05) is 54.6 Å². The fourth-order valence-electron chi connectivity index (χ4n) is 3.45. The molecule has 1 amide bonds. The fourth-order valence-corrected chi connectivity index (χ4v) is 3.66. The first-order valence-electron chi connectivity index (χ1n) is 11.1. The number of rotatable bonds is 8. The number of halogens is 1. The first kappa shape index (κ1) is 24.0. The summed E-state index contributed by atoms with van der Waals surface area (Å²) in [5.74, 6) is -0.120. The van der Waals surface area contributed by atoms with Crippen molar-refractivity contribution in [3.05, 3.63) is 107 Å². The van der Waals surface area contributed by atoms with Crippen LogP contribution in [0, 0.1) is 0 Å². The third-order valence-corrected chi connectivity index (χ3v) is 5.64. The quantitative estimate of drug-likeness (QED) is 0.148. The molecule has 0 saturated heterocycles. The van der Waals surface area contributed by atoms with Gasteiger partial charge in [0, 0.05) is 5.56 Å². The van der Waals surface area contributed by atoms with Crippen LogP contribution >= 0.6 is 11.6 Å². The molecular formula is C28H23ClN2O4. The lowest BCUT2D eigenvalue weighted by Gasteiger charge is -2.11. The lowest BCUT2D eigenvalue weighted by Crippen LogP contribution is -2.24. The van der Waals surface area contributed by atoms with Crippen molar-refractivity contribution in [2.45, 2.75) is 13.3 Å². The maximum atomic E-state index is 12.7. The van der Waals surface area contributed by atoms with E-state index in [9.17, 15) is 9.59 Å². The number of nitrogens with one attached hydrogen (secondary N) is 1. The van der Waals surface area contributed by atoms with Gasteiger partial charge in [0.1, 0.15) is 11.5 Å². The minimum Gasteiger partial charge on any atom is -0.484 e. The molecule has 0 spiro atoms. The highest BCUT2D eigenvalue weighted by molar-refractivity contribution is 6.33. The van der Waals surface area contributed by atoms with Gasteiger partial charge in [-0.25, -0.2) is 10.2 Å². The van der Waals surface area contributed by atoms with E-state index in [1.54, 1.807) is 30.3 Å². The van der Waals surface area contributed by atoms with E-state index in [0.717, 1.165) is 17.2 Å². The van der Waals surface area contributed by atoms with E-state index in [4.69, 9.17) is 21.1 Å². The Morgan fingerprint density at radius 1 is 0.943 bits per heavy atom. The number of fused-ring (bicyclic) bond motifs is 1. The van der Waals surface area contributed by atoms with Gasteiger partial charge in [0.25, 0.3) is 5.91 Å². The van der Waals surface area contributed by atoms with Crippen molar-refractivity contribution >= 4 is 40.5 Å². The number of esters is 1. The van der Waals surface area contributed by atoms with Crippen LogP contribution in [-0.4, -0.2) is 24.7 Å². The molecule has 0 aliphatic heterocycles. The molecule has 1 N–H and O–H groups in total. The summed E-state index contributed by atoms with van der Waals surface area (Å²) in [5, 5.41) is 6.10. The number of hydrazone groups is 1. The molecule has 4 aromatic rings. The summed E-state index contributed by atoms with van der Waals surface area (Å²) < 4.78 is 11.2. The highest BCUT2D eigenvalue weighted by atomic mass is 35.5. The number of carbonyl (C=O) groups is 2. The summed E-state index contributed by atoms with van der Waals surface area (Å²) in [6.07, 6.45) is 2.38. The Balaban J connectivity index is 1.49. The van der Waals surface area contributed by atoms with Crippen LogP contribution in [0.5, 0.6) is 11.5 Å². The predicted octanol–water partition coefficient (Wildman–Crippen LogP) is 5.80. The summed E-state index contributed by atoms with van der Waals surface area (Å²) in [7, 11) is 0. The molecule has 0 heterocycles. The van der Waals surface area contributed by atoms with Gasteiger partial charge >= 0.3 is 5.97 Å². The predicted molar refractivity (Wildman–Crippen MR) is 137 cm³/mol. The number of hydrogen-bond donors (Lipinski definition) is 1. The number of benzene rings is 4. The third kappa shape index (κ3) is 6.05. The molecule has 0 radical (unpaired) electrons. The second-order valence-electron chi connectivity index (χ2n) is 7.65. The summed E-state index contributed by atoms with van der Waals surface area (Å²) in [6.45, 7) is 1.88. The molecule has 6 nitrogen and oxygen atoms in total. The van der Waals surface area contributed by atoms with Crippen LogP contribution in [-0.2, 0) is 11.2 Å². The highest BCUT2D eigenvalue weighted by Gasteiger charge is 2.16. The number of amides is 1. The molecule has 4 rings (SSSR count). The number of hydrogen-bond acceptors (Lipinski definition) is 5. The van der Waals surface area contributed by atoms with Crippen LogP contribution in [0.15, 0.2) is 90.0 Å². The molecule has 0 aliphatic carbocycles. The van der Waals surface area contributed by atoms with Crippen molar-refractivity contribution < 1.29 is 19.1 Å². The van der Waals surface area contributed by atoms with Gasteiger partial charge in [-0.15, -0.1) is 0 Å². The molecule has 0 saturated carbocycles. The van der Waals surface area contributed by atoms with E-state index >= 15 is 0 Å². The molecular weight excluding hydrogens is 464 g/mol. The SMILES string of the molecule is CCc1ccc(OCC(=O)N/N=C\c2c(OC(=O)c3ccccc3Cl)ccc3ccccc23)cc1. The largest absolute Gasteiger partial charge is 0.484 e. The Morgan fingerprint density at radius 2 is 1.69 bits per heavy atom. The lowest BCUT2D eigenvalue weighted by molar-refractivity contribution is -0.123. The number of carbonyl (C=O) groups excluding carboxylic acids is 2. The number of ether oxygens (including phenoxy) is 2. The number of nitrogens with zero attached hydrogens (tertiary/aromatic N) is 1. The maximum absolute atomic E-state index is 12.7. The van der Waals surface area contributed by atoms with Crippen LogP contribution in [0.25, 0.3) is 10.8 Å². The molecule has 176 valence electrons. The summed E-state index contributed by atoms with van der Waals surface area (Å²) in [4.78, 5) is 25.0. The van der Waals surface area contributed by atoms with Crippen LogP contribution in [0.3, 0.4) is 0 Å². The van der Waals surface area contributed by atoms with Crippen molar-refractivity contribution in [3.8, 4) is 11.5 Å². The first-order chi connectivity index (χ1) is 17.0. The molecule has 7 heteroatoms. The molecule has 0 unspecified atom stereocenters. The van der Waals surface area contributed by atoms with Gasteiger partial charge in [-0.2, -0.15) is 5.10 Å². The Labute approximate surface area is 208 Å². The minimum atomic E-state index is -0.591. The smallest absolute Gasteiger partial charge is 0.345 e. The van der Waals surface area contributed by atoms with Gasteiger partial charge in [0.15, 0.2) is 6.61 Å². The third-order valence-electron chi connectivity index (χ3n) is 5.31. The Morgan fingerprint density at radius 3 is 2.46 bits per heavy atom. The van der Waals surface area contributed by atoms with E-state index in [0.29, 0.717) is 22.1 Å². The van der Waals surface area contributed by atoms with E-state index in [1.165, 1.54) is 11.8 Å². The van der Waals surface area contributed by atoms with Gasteiger partial charge < -0.3 is 9.47 Å². The first-order valence-corrected chi connectivity index (χ1v) is 11.4.